The Morgan fingerprint density at radius 1 is 1.32 bits per heavy atom. The van der Waals surface area contributed by atoms with E-state index in [2.05, 4.69) is 24.9 Å². The van der Waals surface area contributed by atoms with Crippen molar-refractivity contribution in [1.29, 1.82) is 0 Å². The van der Waals surface area contributed by atoms with Crippen LogP contribution in [0.5, 0.6) is 5.75 Å². The van der Waals surface area contributed by atoms with Crippen LogP contribution in [0, 0.1) is 5.92 Å². The van der Waals surface area contributed by atoms with E-state index in [1.807, 2.05) is 19.1 Å². The number of hydrogen-bond acceptors (Lipinski definition) is 5. The van der Waals surface area contributed by atoms with E-state index in [-0.39, 0.29) is 23.5 Å². The molecule has 3 atom stereocenters. The van der Waals surface area contributed by atoms with Crippen LogP contribution >= 0.6 is 0 Å². The summed E-state index contributed by atoms with van der Waals surface area (Å²) in [5.41, 5.74) is 2.31. The van der Waals surface area contributed by atoms with Gasteiger partial charge in [-0.2, -0.15) is 4.31 Å². The summed E-state index contributed by atoms with van der Waals surface area (Å²) >= 11 is 0. The van der Waals surface area contributed by atoms with Crippen molar-refractivity contribution in [3.8, 4) is 5.75 Å². The van der Waals surface area contributed by atoms with Crippen LogP contribution in [0.3, 0.4) is 0 Å². The van der Waals surface area contributed by atoms with Gasteiger partial charge in [-0.25, -0.2) is 8.42 Å². The maximum absolute atomic E-state index is 13.6. The fourth-order valence-corrected chi connectivity index (χ4v) is 6.35. The van der Waals surface area contributed by atoms with E-state index in [0.29, 0.717) is 12.3 Å². The number of aliphatic hydroxyl groups is 1. The normalized spacial score (nSPS) is 25.2. The molecule has 1 N–H and O–H groups in total. The molecule has 1 aliphatic carbocycles. The first-order valence-electron chi connectivity index (χ1n) is 11.6. The molecule has 1 aromatic carbocycles. The number of nitrogens with zero attached hydrogens (tertiary/aromatic N) is 2. The highest BCUT2D eigenvalue weighted by molar-refractivity contribution is 7.89. The fourth-order valence-electron chi connectivity index (χ4n) is 4.52. The van der Waals surface area contributed by atoms with Gasteiger partial charge >= 0.3 is 0 Å². The lowest BCUT2D eigenvalue weighted by molar-refractivity contribution is 0.0752. The van der Waals surface area contributed by atoms with Crippen LogP contribution in [-0.4, -0.2) is 68.2 Å². The number of aliphatic hydroxyl groups excluding tert-OH is 1. The summed E-state index contributed by atoms with van der Waals surface area (Å²) in [5, 5.41) is 9.76. The van der Waals surface area contributed by atoms with Crippen LogP contribution in [0.2, 0.25) is 0 Å². The van der Waals surface area contributed by atoms with Crippen molar-refractivity contribution in [3.05, 3.63) is 29.8 Å². The number of rotatable bonds is 7. The zero-order valence-electron chi connectivity index (χ0n) is 19.4. The standard InChI is InChI=1S/C24H38N2O4S/c1-5-13-25(4)16-23-18(2)15-26(19(3)17-27)31(28,29)24-12-11-21(14-22(24)30-23)20-9-7-6-8-10-20/h9,11-12,14,18-19,23,27H,5-8,10,13,15-17H2,1-4H3/t18-,19-,23-/m1/s1. The number of ether oxygens (including phenoxy) is 1. The Kier molecular flexibility index (Phi) is 8.19. The highest BCUT2D eigenvalue weighted by Gasteiger charge is 2.38. The van der Waals surface area contributed by atoms with E-state index < -0.39 is 16.1 Å². The fraction of sp³-hybridized carbons (Fsp3) is 0.667. The van der Waals surface area contributed by atoms with Crippen molar-refractivity contribution in [2.24, 2.45) is 5.92 Å². The predicted molar refractivity (Wildman–Crippen MR) is 125 cm³/mol. The molecule has 3 rings (SSSR count). The summed E-state index contributed by atoms with van der Waals surface area (Å²) in [6.45, 7) is 7.73. The second-order valence-corrected chi connectivity index (χ2v) is 11.0. The lowest BCUT2D eigenvalue weighted by Gasteiger charge is -2.37. The molecule has 1 aliphatic heterocycles. The molecule has 31 heavy (non-hydrogen) atoms. The third-order valence-electron chi connectivity index (χ3n) is 6.43. The summed E-state index contributed by atoms with van der Waals surface area (Å²) in [6.07, 6.45) is 7.61. The average Bonchev–Trinajstić information content (AvgIpc) is 2.76. The summed E-state index contributed by atoms with van der Waals surface area (Å²) in [6, 6.07) is 5.02. The zero-order chi connectivity index (χ0) is 22.6. The van der Waals surface area contributed by atoms with Crippen molar-refractivity contribution >= 4 is 15.6 Å². The molecular weight excluding hydrogens is 412 g/mol. The molecular formula is C24H38N2O4S. The van der Waals surface area contributed by atoms with Gasteiger partial charge in [0, 0.05) is 25.0 Å². The molecule has 0 aromatic heterocycles. The van der Waals surface area contributed by atoms with Crippen molar-refractivity contribution in [3.63, 3.8) is 0 Å². The van der Waals surface area contributed by atoms with E-state index in [9.17, 15) is 13.5 Å². The summed E-state index contributed by atoms with van der Waals surface area (Å²) in [7, 11) is -1.70. The van der Waals surface area contributed by atoms with Crippen molar-refractivity contribution in [2.75, 3.05) is 33.3 Å². The van der Waals surface area contributed by atoms with E-state index in [1.54, 1.807) is 13.0 Å². The van der Waals surface area contributed by atoms with Crippen LogP contribution in [0.1, 0.15) is 58.4 Å². The third-order valence-corrected chi connectivity index (χ3v) is 8.45. The number of benzene rings is 1. The monoisotopic (exact) mass is 450 g/mol. The van der Waals surface area contributed by atoms with Gasteiger partial charge in [0.15, 0.2) is 0 Å². The van der Waals surface area contributed by atoms with Crippen molar-refractivity contribution in [2.45, 2.75) is 69.9 Å². The number of sulfonamides is 1. The summed E-state index contributed by atoms with van der Waals surface area (Å²) < 4.78 is 35.0. The van der Waals surface area contributed by atoms with Gasteiger partial charge in [0.2, 0.25) is 10.0 Å². The zero-order valence-corrected chi connectivity index (χ0v) is 20.2. The molecule has 0 spiro atoms. The van der Waals surface area contributed by atoms with Crippen molar-refractivity contribution in [1.82, 2.24) is 9.21 Å². The quantitative estimate of drug-likeness (QED) is 0.685. The first-order valence-corrected chi connectivity index (χ1v) is 13.0. The van der Waals surface area contributed by atoms with Gasteiger partial charge in [0.25, 0.3) is 0 Å². The maximum atomic E-state index is 13.6. The number of likely N-dealkylation sites (N-methyl/N-ethyl adjacent to an activating group) is 1. The van der Waals surface area contributed by atoms with Gasteiger partial charge in [0.1, 0.15) is 16.7 Å². The van der Waals surface area contributed by atoms with Crippen LogP contribution in [0.4, 0.5) is 0 Å². The predicted octanol–water partition coefficient (Wildman–Crippen LogP) is 3.75. The maximum Gasteiger partial charge on any atom is 0.247 e. The van der Waals surface area contributed by atoms with E-state index in [0.717, 1.165) is 44.3 Å². The molecule has 0 radical (unpaired) electrons. The Bertz CT molecular complexity index is 884. The molecule has 174 valence electrons. The largest absolute Gasteiger partial charge is 0.487 e. The lowest BCUT2D eigenvalue weighted by Crippen LogP contribution is -2.49. The molecule has 0 saturated heterocycles. The Morgan fingerprint density at radius 2 is 2.10 bits per heavy atom. The van der Waals surface area contributed by atoms with Crippen LogP contribution in [0.25, 0.3) is 5.57 Å². The highest BCUT2D eigenvalue weighted by atomic mass is 32.2. The van der Waals surface area contributed by atoms with Crippen LogP contribution < -0.4 is 4.74 Å². The number of hydrogen-bond donors (Lipinski definition) is 1. The molecule has 1 heterocycles. The minimum atomic E-state index is -3.78. The highest BCUT2D eigenvalue weighted by Crippen LogP contribution is 2.37. The van der Waals surface area contributed by atoms with Gasteiger partial charge in [0.05, 0.1) is 6.61 Å². The first-order chi connectivity index (χ1) is 14.8. The van der Waals surface area contributed by atoms with Gasteiger partial charge < -0.3 is 14.7 Å². The minimum absolute atomic E-state index is 0.0196. The second kappa shape index (κ2) is 10.5. The van der Waals surface area contributed by atoms with Gasteiger partial charge in [-0.1, -0.05) is 26.0 Å². The molecule has 0 unspecified atom stereocenters. The summed E-state index contributed by atoms with van der Waals surface area (Å²) in [5.74, 6) is 0.411. The average molecular weight is 451 g/mol. The van der Waals surface area contributed by atoms with Crippen molar-refractivity contribution < 1.29 is 18.3 Å². The Balaban J connectivity index is 2.06. The molecule has 2 aliphatic rings. The van der Waals surface area contributed by atoms with E-state index in [1.165, 1.54) is 16.3 Å². The van der Waals surface area contributed by atoms with Gasteiger partial charge in [-0.15, -0.1) is 0 Å². The second-order valence-electron chi connectivity index (χ2n) is 9.14. The number of fused-ring (bicyclic) bond motifs is 1. The van der Waals surface area contributed by atoms with Crippen LogP contribution in [0.15, 0.2) is 29.2 Å². The van der Waals surface area contributed by atoms with Gasteiger partial charge in [-0.05, 0) is 75.9 Å². The molecule has 0 fully saturated rings. The van der Waals surface area contributed by atoms with Crippen LogP contribution in [-0.2, 0) is 10.0 Å². The Labute approximate surface area is 187 Å². The Hall–Kier alpha value is -1.41. The van der Waals surface area contributed by atoms with E-state index in [4.69, 9.17) is 4.74 Å². The first kappa shape index (κ1) is 24.2. The molecule has 0 amide bonds. The molecule has 0 saturated carbocycles. The molecule has 1 aromatic rings. The molecule has 0 bridgehead atoms. The van der Waals surface area contributed by atoms with E-state index >= 15 is 0 Å². The number of allylic oxidation sites excluding steroid dienone is 2. The third kappa shape index (κ3) is 5.51. The van der Waals surface area contributed by atoms with Gasteiger partial charge in [-0.3, -0.25) is 0 Å². The lowest BCUT2D eigenvalue weighted by atomic mass is 9.93. The minimum Gasteiger partial charge on any atom is -0.487 e. The Morgan fingerprint density at radius 3 is 2.74 bits per heavy atom. The topological polar surface area (TPSA) is 70.1 Å². The molecule has 6 nitrogen and oxygen atoms in total. The molecule has 7 heteroatoms. The summed E-state index contributed by atoms with van der Waals surface area (Å²) in [4.78, 5) is 2.44. The SMILES string of the molecule is CCCN(C)C[C@H]1Oc2cc(C3=CCCCC3)ccc2S(=O)(=O)N([C@H](C)CO)C[C@H]1C. The smallest absolute Gasteiger partial charge is 0.247 e.